The highest BCUT2D eigenvalue weighted by atomic mass is 32.2. The van der Waals surface area contributed by atoms with Crippen LogP contribution in [0.25, 0.3) is 0 Å². The number of hydrogen-bond acceptors (Lipinski definition) is 4. The van der Waals surface area contributed by atoms with Crippen LogP contribution < -0.4 is 10.6 Å². The molecule has 1 heterocycles. The van der Waals surface area contributed by atoms with Gasteiger partial charge in [0.25, 0.3) is 0 Å². The number of thioether (sulfide) groups is 1. The topological polar surface area (TPSA) is 87.7 Å². The van der Waals surface area contributed by atoms with E-state index in [0.29, 0.717) is 25.9 Å². The Kier molecular flexibility index (Phi) is 7.66. The maximum Gasteiger partial charge on any atom is 0.332 e. The first kappa shape index (κ1) is 16.1. The fourth-order valence-corrected chi connectivity index (χ4v) is 2.46. The highest BCUT2D eigenvalue weighted by molar-refractivity contribution is 7.99. The number of carbonyl (C=O) groups excluding carboxylic acids is 1. The molecular formula is C12H22N2O4S. The first-order valence-corrected chi connectivity index (χ1v) is 7.76. The molecule has 0 aromatic rings. The van der Waals surface area contributed by atoms with Crippen LogP contribution in [0.5, 0.6) is 0 Å². The molecule has 1 aliphatic rings. The van der Waals surface area contributed by atoms with Gasteiger partial charge in [0, 0.05) is 13.1 Å². The molecule has 2 atom stereocenters. The number of urea groups is 1. The smallest absolute Gasteiger partial charge is 0.332 e. The van der Waals surface area contributed by atoms with E-state index in [0.717, 1.165) is 17.9 Å². The molecule has 1 aliphatic heterocycles. The minimum absolute atomic E-state index is 0.192. The molecule has 6 nitrogen and oxygen atoms in total. The lowest BCUT2D eigenvalue weighted by molar-refractivity contribution is -0.149. The van der Waals surface area contributed by atoms with Crippen LogP contribution >= 0.6 is 11.8 Å². The van der Waals surface area contributed by atoms with Gasteiger partial charge < -0.3 is 20.5 Å². The minimum Gasteiger partial charge on any atom is -0.479 e. The van der Waals surface area contributed by atoms with Gasteiger partial charge >= 0.3 is 12.0 Å². The van der Waals surface area contributed by atoms with Crippen LogP contribution in [0.2, 0.25) is 0 Å². The molecule has 0 bridgehead atoms. The van der Waals surface area contributed by atoms with Gasteiger partial charge in [-0.1, -0.05) is 6.92 Å². The SMILES string of the molecule is CCSCCCNC(=O)NCC1CCC(C(=O)O)O1. The zero-order valence-corrected chi connectivity index (χ0v) is 12.0. The standard InChI is InChI=1S/C12H22N2O4S/c1-2-19-7-3-6-13-12(17)14-8-9-4-5-10(18-9)11(15)16/h9-10H,2-8H2,1H3,(H,15,16)(H2,13,14,17). The van der Waals surface area contributed by atoms with Gasteiger partial charge in [-0.25, -0.2) is 9.59 Å². The monoisotopic (exact) mass is 290 g/mol. The zero-order valence-electron chi connectivity index (χ0n) is 11.2. The second-order valence-corrected chi connectivity index (χ2v) is 5.74. The van der Waals surface area contributed by atoms with Gasteiger partial charge in [0.1, 0.15) is 0 Å². The lowest BCUT2D eigenvalue weighted by Gasteiger charge is -2.12. The summed E-state index contributed by atoms with van der Waals surface area (Å²) in [4.78, 5) is 22.1. The molecule has 7 heteroatoms. The quantitative estimate of drug-likeness (QED) is 0.582. The Hall–Kier alpha value is -0.950. The summed E-state index contributed by atoms with van der Waals surface area (Å²) in [6.45, 7) is 3.12. The Morgan fingerprint density at radius 3 is 2.79 bits per heavy atom. The zero-order chi connectivity index (χ0) is 14.1. The van der Waals surface area contributed by atoms with Crippen molar-refractivity contribution >= 4 is 23.8 Å². The van der Waals surface area contributed by atoms with E-state index in [2.05, 4.69) is 17.6 Å². The Morgan fingerprint density at radius 1 is 1.37 bits per heavy atom. The fraction of sp³-hybridized carbons (Fsp3) is 0.833. The van der Waals surface area contributed by atoms with E-state index in [-0.39, 0.29) is 12.1 Å². The third kappa shape index (κ3) is 6.68. The molecule has 19 heavy (non-hydrogen) atoms. The molecule has 0 aromatic carbocycles. The number of aliphatic carboxylic acids is 1. The molecule has 0 aliphatic carbocycles. The molecule has 2 unspecified atom stereocenters. The average Bonchev–Trinajstić information content (AvgIpc) is 2.85. The van der Waals surface area contributed by atoms with Gasteiger partial charge in [0.2, 0.25) is 0 Å². The van der Waals surface area contributed by atoms with Crippen molar-refractivity contribution in [1.82, 2.24) is 10.6 Å². The second kappa shape index (κ2) is 9.03. The van der Waals surface area contributed by atoms with Crippen molar-refractivity contribution in [2.24, 2.45) is 0 Å². The van der Waals surface area contributed by atoms with Crippen LogP contribution in [0, 0.1) is 0 Å². The van der Waals surface area contributed by atoms with Crippen LogP contribution in [-0.2, 0) is 9.53 Å². The van der Waals surface area contributed by atoms with Gasteiger partial charge in [-0.05, 0) is 30.8 Å². The first-order chi connectivity index (χ1) is 9.13. The third-order valence-electron chi connectivity index (χ3n) is 2.83. The predicted molar refractivity (Wildman–Crippen MR) is 74.5 cm³/mol. The molecule has 3 N–H and O–H groups in total. The summed E-state index contributed by atoms with van der Waals surface area (Å²) in [5.74, 6) is 1.21. The number of hydrogen-bond donors (Lipinski definition) is 3. The molecule has 1 fully saturated rings. The van der Waals surface area contributed by atoms with Crippen LogP contribution in [0.4, 0.5) is 4.79 Å². The van der Waals surface area contributed by atoms with E-state index >= 15 is 0 Å². The summed E-state index contributed by atoms with van der Waals surface area (Å²) in [6.07, 6.45) is 1.22. The number of amides is 2. The summed E-state index contributed by atoms with van der Waals surface area (Å²) >= 11 is 1.85. The lowest BCUT2D eigenvalue weighted by Crippen LogP contribution is -2.40. The van der Waals surface area contributed by atoms with E-state index in [1.165, 1.54) is 0 Å². The summed E-state index contributed by atoms with van der Waals surface area (Å²) in [5, 5.41) is 14.2. The number of carboxylic acid groups (broad SMARTS) is 1. The minimum atomic E-state index is -0.930. The van der Waals surface area contributed by atoms with Crippen LogP contribution in [-0.4, -0.2) is 53.9 Å². The summed E-state index contributed by atoms with van der Waals surface area (Å²) in [5.41, 5.74) is 0. The lowest BCUT2D eigenvalue weighted by atomic mass is 10.2. The molecule has 0 saturated carbocycles. The van der Waals surface area contributed by atoms with Crippen molar-refractivity contribution in [2.75, 3.05) is 24.6 Å². The van der Waals surface area contributed by atoms with Gasteiger partial charge in [-0.2, -0.15) is 11.8 Å². The predicted octanol–water partition coefficient (Wildman–Crippen LogP) is 1.06. The van der Waals surface area contributed by atoms with Crippen LogP contribution in [0.3, 0.4) is 0 Å². The van der Waals surface area contributed by atoms with Gasteiger partial charge in [-0.3, -0.25) is 0 Å². The van der Waals surface area contributed by atoms with Gasteiger partial charge in [-0.15, -0.1) is 0 Å². The normalized spacial score (nSPS) is 22.2. The van der Waals surface area contributed by atoms with Crippen molar-refractivity contribution in [3.63, 3.8) is 0 Å². The summed E-state index contributed by atoms with van der Waals surface area (Å²) in [7, 11) is 0. The van der Waals surface area contributed by atoms with Crippen molar-refractivity contribution < 1.29 is 19.4 Å². The molecule has 0 radical (unpaired) electrons. The third-order valence-corrected chi connectivity index (χ3v) is 3.81. The number of carbonyl (C=O) groups is 2. The van der Waals surface area contributed by atoms with Crippen molar-refractivity contribution in [3.05, 3.63) is 0 Å². The number of rotatable bonds is 8. The second-order valence-electron chi connectivity index (χ2n) is 4.35. The van der Waals surface area contributed by atoms with E-state index in [1.807, 2.05) is 11.8 Å². The van der Waals surface area contributed by atoms with Gasteiger partial charge in [0.05, 0.1) is 6.10 Å². The molecule has 0 aromatic heterocycles. The van der Waals surface area contributed by atoms with E-state index < -0.39 is 12.1 Å². The van der Waals surface area contributed by atoms with Crippen molar-refractivity contribution in [3.8, 4) is 0 Å². The first-order valence-electron chi connectivity index (χ1n) is 6.61. The van der Waals surface area contributed by atoms with E-state index in [4.69, 9.17) is 9.84 Å². The number of ether oxygens (including phenoxy) is 1. The maximum atomic E-state index is 11.4. The highest BCUT2D eigenvalue weighted by Gasteiger charge is 2.30. The summed E-state index contributed by atoms with van der Waals surface area (Å²) in [6, 6.07) is -0.219. The van der Waals surface area contributed by atoms with Gasteiger partial charge in [0.15, 0.2) is 6.10 Å². The van der Waals surface area contributed by atoms with E-state index in [1.54, 1.807) is 0 Å². The Labute approximate surface area is 117 Å². The Morgan fingerprint density at radius 2 is 2.16 bits per heavy atom. The maximum absolute atomic E-state index is 11.4. The van der Waals surface area contributed by atoms with Crippen molar-refractivity contribution in [1.29, 1.82) is 0 Å². The average molecular weight is 290 g/mol. The molecule has 110 valence electrons. The highest BCUT2D eigenvalue weighted by Crippen LogP contribution is 2.19. The fourth-order valence-electron chi connectivity index (χ4n) is 1.83. The van der Waals surface area contributed by atoms with Crippen LogP contribution in [0.1, 0.15) is 26.2 Å². The number of nitrogens with one attached hydrogen (secondary N) is 2. The molecule has 1 rings (SSSR count). The van der Waals surface area contributed by atoms with Crippen LogP contribution in [0.15, 0.2) is 0 Å². The largest absolute Gasteiger partial charge is 0.479 e. The molecular weight excluding hydrogens is 268 g/mol. The number of carboxylic acids is 1. The van der Waals surface area contributed by atoms with E-state index in [9.17, 15) is 9.59 Å². The molecule has 0 spiro atoms. The molecule has 2 amide bonds. The molecule has 1 saturated heterocycles. The Balaban J connectivity index is 2.03. The Bertz CT molecular complexity index is 301. The van der Waals surface area contributed by atoms with Crippen molar-refractivity contribution in [2.45, 2.75) is 38.4 Å². The summed E-state index contributed by atoms with van der Waals surface area (Å²) < 4.78 is 5.29.